The highest BCUT2D eigenvalue weighted by molar-refractivity contribution is 6.14. The van der Waals surface area contributed by atoms with Crippen LogP contribution in [-0.2, 0) is 0 Å². The number of hydrogen-bond donors (Lipinski definition) is 0. The van der Waals surface area contributed by atoms with Crippen LogP contribution in [0.5, 0.6) is 0 Å². The molecule has 0 unspecified atom stereocenters. The molecule has 0 amide bonds. The summed E-state index contributed by atoms with van der Waals surface area (Å²) in [4.78, 5) is 0. The van der Waals surface area contributed by atoms with Crippen molar-refractivity contribution < 1.29 is 0 Å². The highest BCUT2D eigenvalue weighted by atomic mass is 14.2. The average molecular weight is 551 g/mol. The minimum atomic E-state index is 1.05. The maximum Gasteiger partial charge on any atom is -0.00237 e. The molecule has 0 aliphatic carbocycles. The van der Waals surface area contributed by atoms with Gasteiger partial charge in [0.2, 0.25) is 0 Å². The summed E-state index contributed by atoms with van der Waals surface area (Å²) >= 11 is 0. The van der Waals surface area contributed by atoms with Gasteiger partial charge in [-0.3, -0.25) is 0 Å². The molecule has 7 rings (SSSR count). The van der Waals surface area contributed by atoms with Crippen molar-refractivity contribution in [2.75, 3.05) is 0 Å². The van der Waals surface area contributed by atoms with Crippen LogP contribution in [-0.4, -0.2) is 0 Å². The Kier molecular flexibility index (Phi) is 6.76. The van der Waals surface area contributed by atoms with E-state index >= 15 is 0 Å². The van der Waals surface area contributed by atoms with Crippen molar-refractivity contribution in [3.05, 3.63) is 162 Å². The van der Waals surface area contributed by atoms with E-state index in [1.54, 1.807) is 0 Å². The highest BCUT2D eigenvalue weighted by Gasteiger charge is 2.22. The Balaban J connectivity index is 1.63. The lowest BCUT2D eigenvalue weighted by molar-refractivity contribution is 1.45. The third-order valence-corrected chi connectivity index (χ3v) is 8.63. The molecule has 0 atom stereocenters. The van der Waals surface area contributed by atoms with E-state index < -0.39 is 0 Å². The third-order valence-electron chi connectivity index (χ3n) is 8.63. The number of rotatable bonds is 5. The Bertz CT molecular complexity index is 2210. The molecule has 0 N–H and O–H groups in total. The quantitative estimate of drug-likeness (QED) is 0.187. The summed E-state index contributed by atoms with van der Waals surface area (Å²) in [6, 6.07) is 48.6. The summed E-state index contributed by atoms with van der Waals surface area (Å²) in [6.45, 7) is 11.1. The van der Waals surface area contributed by atoms with Crippen molar-refractivity contribution in [2.45, 2.75) is 20.8 Å². The Morgan fingerprint density at radius 1 is 0.535 bits per heavy atom. The molecule has 0 heteroatoms. The van der Waals surface area contributed by atoms with Crippen molar-refractivity contribution >= 4 is 49.5 Å². The van der Waals surface area contributed by atoms with Crippen molar-refractivity contribution in [3.63, 3.8) is 0 Å². The second kappa shape index (κ2) is 10.9. The van der Waals surface area contributed by atoms with Crippen LogP contribution in [0.1, 0.15) is 36.1 Å². The van der Waals surface area contributed by atoms with Crippen molar-refractivity contribution in [2.24, 2.45) is 0 Å². The first-order valence-electron chi connectivity index (χ1n) is 15.0. The number of hydrogen-bond acceptors (Lipinski definition) is 0. The Morgan fingerprint density at radius 3 is 1.58 bits per heavy atom. The minimum Gasteiger partial charge on any atom is -0.0955 e. The lowest BCUT2D eigenvalue weighted by Gasteiger charge is -2.23. The monoisotopic (exact) mass is 550 g/mol. The molecule has 7 aromatic carbocycles. The van der Waals surface area contributed by atoms with Gasteiger partial charge in [0.15, 0.2) is 0 Å². The fourth-order valence-electron chi connectivity index (χ4n) is 6.46. The van der Waals surface area contributed by atoms with Gasteiger partial charge in [0.25, 0.3) is 0 Å². The largest absolute Gasteiger partial charge is 0.0955 e. The van der Waals surface area contributed by atoms with Gasteiger partial charge in [-0.25, -0.2) is 0 Å². The summed E-state index contributed by atoms with van der Waals surface area (Å²) in [5, 5.41) is 7.46. The van der Waals surface area contributed by atoms with Gasteiger partial charge in [-0.05, 0) is 115 Å². The van der Waals surface area contributed by atoms with E-state index in [2.05, 4.69) is 167 Å². The molecule has 0 saturated carbocycles. The zero-order chi connectivity index (χ0) is 29.5. The standard InChI is InChI=1S/C43H34/c1-28(2)41-40(25-30(4)31-19-17-29(3)18-20-31)42(36-23-21-32-11-5-7-13-34(32)26-36)38-15-9-10-16-39(38)43(41)37-24-22-33-12-6-8-14-35(33)27-37/h5-27H,1H2,2-4H3. The zero-order valence-corrected chi connectivity index (χ0v) is 25.0. The first-order chi connectivity index (χ1) is 21.0. The lowest BCUT2D eigenvalue weighted by atomic mass is 9.80. The van der Waals surface area contributed by atoms with Gasteiger partial charge >= 0.3 is 0 Å². The molecule has 0 aromatic heterocycles. The van der Waals surface area contributed by atoms with E-state index in [0.717, 1.165) is 5.57 Å². The van der Waals surface area contributed by atoms with Gasteiger partial charge < -0.3 is 0 Å². The predicted molar refractivity (Wildman–Crippen MR) is 189 cm³/mol. The average Bonchev–Trinajstić information content (AvgIpc) is 3.03. The molecule has 0 heterocycles. The summed E-state index contributed by atoms with van der Waals surface area (Å²) in [7, 11) is 0. The Labute approximate surface area is 254 Å². The minimum absolute atomic E-state index is 1.05. The van der Waals surface area contributed by atoms with E-state index in [0.29, 0.717) is 0 Å². The molecule has 7 aromatic rings. The van der Waals surface area contributed by atoms with Gasteiger partial charge in [0, 0.05) is 0 Å². The molecule has 0 bridgehead atoms. The van der Waals surface area contributed by atoms with Crippen LogP contribution in [0.25, 0.3) is 71.8 Å². The fourth-order valence-corrected chi connectivity index (χ4v) is 6.46. The molecule has 0 aliphatic heterocycles. The summed E-state index contributed by atoms with van der Waals surface area (Å²) < 4.78 is 0. The topological polar surface area (TPSA) is 0 Å². The number of benzene rings is 7. The van der Waals surface area contributed by atoms with Gasteiger partial charge in [0.05, 0.1) is 0 Å². The molecule has 0 saturated heterocycles. The van der Waals surface area contributed by atoms with E-state index in [4.69, 9.17) is 0 Å². The fraction of sp³-hybridized carbons (Fsp3) is 0.0698. The van der Waals surface area contributed by atoms with Crippen LogP contribution in [0, 0.1) is 6.92 Å². The predicted octanol–water partition coefficient (Wildman–Crippen LogP) is 12.4. The van der Waals surface area contributed by atoms with E-state index in [9.17, 15) is 0 Å². The maximum atomic E-state index is 4.59. The van der Waals surface area contributed by atoms with Gasteiger partial charge in [-0.15, -0.1) is 0 Å². The first kappa shape index (κ1) is 26.7. The van der Waals surface area contributed by atoms with E-state index in [1.165, 1.54) is 82.4 Å². The van der Waals surface area contributed by atoms with Crippen LogP contribution in [0.4, 0.5) is 0 Å². The second-order valence-corrected chi connectivity index (χ2v) is 11.7. The molecular weight excluding hydrogens is 516 g/mol. The highest BCUT2D eigenvalue weighted by Crippen LogP contribution is 2.46. The first-order valence-corrected chi connectivity index (χ1v) is 15.0. The van der Waals surface area contributed by atoms with E-state index in [1.807, 2.05) is 0 Å². The van der Waals surface area contributed by atoms with Crippen molar-refractivity contribution in [3.8, 4) is 22.3 Å². The molecule has 0 radical (unpaired) electrons. The summed E-state index contributed by atoms with van der Waals surface area (Å²) in [5.74, 6) is 0. The summed E-state index contributed by atoms with van der Waals surface area (Å²) in [6.07, 6.45) is 2.39. The van der Waals surface area contributed by atoms with Crippen LogP contribution in [0.3, 0.4) is 0 Å². The van der Waals surface area contributed by atoms with Crippen molar-refractivity contribution in [1.82, 2.24) is 0 Å². The summed E-state index contributed by atoms with van der Waals surface area (Å²) in [5.41, 5.74) is 12.1. The number of fused-ring (bicyclic) bond motifs is 3. The van der Waals surface area contributed by atoms with E-state index in [-0.39, 0.29) is 0 Å². The molecule has 0 aliphatic rings. The zero-order valence-electron chi connectivity index (χ0n) is 25.0. The lowest BCUT2D eigenvalue weighted by Crippen LogP contribution is -1.99. The van der Waals surface area contributed by atoms with Gasteiger partial charge in [0.1, 0.15) is 0 Å². The van der Waals surface area contributed by atoms with Crippen LogP contribution >= 0.6 is 0 Å². The Morgan fingerprint density at radius 2 is 1.02 bits per heavy atom. The third kappa shape index (κ3) is 4.86. The van der Waals surface area contributed by atoms with Crippen LogP contribution in [0.2, 0.25) is 0 Å². The smallest absolute Gasteiger partial charge is 0.00237 e. The van der Waals surface area contributed by atoms with Crippen molar-refractivity contribution in [1.29, 1.82) is 0 Å². The number of allylic oxidation sites excluding steroid dienone is 2. The normalized spacial score (nSPS) is 11.8. The maximum absolute atomic E-state index is 4.59. The number of aryl methyl sites for hydroxylation is 1. The van der Waals surface area contributed by atoms with Crippen LogP contribution in [0.15, 0.2) is 140 Å². The Hall–Kier alpha value is -5.20. The molecule has 0 spiro atoms. The van der Waals surface area contributed by atoms with Gasteiger partial charge in [-0.1, -0.05) is 140 Å². The molecule has 0 fully saturated rings. The van der Waals surface area contributed by atoms with Crippen LogP contribution < -0.4 is 0 Å². The molecule has 43 heavy (non-hydrogen) atoms. The molecule has 206 valence electrons. The molecular formula is C43H34. The SMILES string of the molecule is C=C(C)c1c(C=C(C)c2ccc(C)cc2)c(-c2ccc3ccccc3c2)c2ccccc2c1-c1ccc2ccccc2c1. The van der Waals surface area contributed by atoms with Gasteiger partial charge in [-0.2, -0.15) is 0 Å². The second-order valence-electron chi connectivity index (χ2n) is 11.7. The molecule has 0 nitrogen and oxygen atoms in total.